The highest BCUT2D eigenvalue weighted by Crippen LogP contribution is 2.54. The van der Waals surface area contributed by atoms with Crippen LogP contribution in [0.4, 0.5) is 23.0 Å². The van der Waals surface area contributed by atoms with Crippen LogP contribution in [0.5, 0.6) is 0 Å². The third kappa shape index (κ3) is 5.44. The fourth-order valence-corrected chi connectivity index (χ4v) is 6.88. The number of rotatable bonds is 8. The van der Waals surface area contributed by atoms with Gasteiger partial charge in [0.05, 0.1) is 41.0 Å². The number of carbonyl (C=O) groups excluding carboxylic acids is 1. The Bertz CT molecular complexity index is 1350. The van der Waals surface area contributed by atoms with Crippen LogP contribution in [0.1, 0.15) is 55.8 Å². The lowest BCUT2D eigenvalue weighted by Gasteiger charge is -2.35. The first-order valence-corrected chi connectivity index (χ1v) is 15.3. The second-order valence-electron chi connectivity index (χ2n) is 11.7. The number of nitrogens with one attached hydrogen (secondary N) is 2. The zero-order valence-corrected chi connectivity index (χ0v) is 23.2. The van der Waals surface area contributed by atoms with Crippen molar-refractivity contribution >= 4 is 38.9 Å². The maximum Gasteiger partial charge on any atom is 0.258 e. The second kappa shape index (κ2) is 9.94. The Balaban J connectivity index is 1.24. The third-order valence-corrected chi connectivity index (χ3v) is 11.1. The summed E-state index contributed by atoms with van der Waals surface area (Å²) in [7, 11) is -3.51. The molecule has 4 fully saturated rings. The van der Waals surface area contributed by atoms with Gasteiger partial charge in [-0.1, -0.05) is 6.07 Å². The standard InChI is InChI=1S/C28H37N5O5S/c1-27(7-8-27)39(36,37)31-20-5-6-22(23(17-20)32-13-11-28(9-10-28)12-14-32)26(35)30-24-3-2-4-25(29-24)33-15-16-38-21(18-33)19-34/h2-6,17,21,31,34H,7-16,18-19H2,1H3,(H,29,30,35)/t21-/m1/s1. The number of ether oxygens (including phenoxy) is 1. The maximum absolute atomic E-state index is 13.6. The van der Waals surface area contributed by atoms with Crippen LogP contribution in [0.3, 0.4) is 0 Å². The number of sulfonamides is 1. The van der Waals surface area contributed by atoms with Gasteiger partial charge in [0.25, 0.3) is 5.91 Å². The smallest absolute Gasteiger partial charge is 0.258 e. The molecule has 39 heavy (non-hydrogen) atoms. The fraction of sp³-hybridized carbons (Fsp3) is 0.571. The number of hydrogen-bond acceptors (Lipinski definition) is 8. The Hall–Kier alpha value is -2.89. The number of carbonyl (C=O) groups is 1. The van der Waals surface area contributed by atoms with Crippen LogP contribution in [0, 0.1) is 5.41 Å². The summed E-state index contributed by atoms with van der Waals surface area (Å²) in [6, 6.07) is 10.6. The predicted molar refractivity (Wildman–Crippen MR) is 151 cm³/mol. The van der Waals surface area contributed by atoms with Crippen molar-refractivity contribution in [3.05, 3.63) is 42.0 Å². The molecule has 1 spiro atoms. The van der Waals surface area contributed by atoms with E-state index in [-0.39, 0.29) is 18.6 Å². The molecule has 1 aromatic heterocycles. The Kier molecular flexibility index (Phi) is 6.71. The average Bonchev–Trinajstić information content (AvgIpc) is 3.88. The van der Waals surface area contributed by atoms with Gasteiger partial charge < -0.3 is 25.0 Å². The van der Waals surface area contributed by atoms with Gasteiger partial charge in [-0.15, -0.1) is 0 Å². The molecule has 2 saturated carbocycles. The van der Waals surface area contributed by atoms with E-state index in [2.05, 4.69) is 19.9 Å². The Morgan fingerprint density at radius 1 is 1.08 bits per heavy atom. The lowest BCUT2D eigenvalue weighted by atomic mass is 9.93. The fourth-order valence-electron chi connectivity index (χ4n) is 5.56. The zero-order valence-electron chi connectivity index (χ0n) is 22.4. The van der Waals surface area contributed by atoms with Crippen molar-refractivity contribution in [1.82, 2.24) is 4.98 Å². The quantitative estimate of drug-likeness (QED) is 0.454. The van der Waals surface area contributed by atoms with Crippen molar-refractivity contribution in [3.8, 4) is 0 Å². The number of benzene rings is 1. The molecule has 1 amide bonds. The minimum absolute atomic E-state index is 0.0568. The van der Waals surface area contributed by atoms with Gasteiger partial charge in [-0.3, -0.25) is 9.52 Å². The van der Waals surface area contributed by atoms with Crippen molar-refractivity contribution in [1.29, 1.82) is 0 Å². The molecule has 4 aliphatic rings. The molecule has 1 atom stereocenters. The highest BCUT2D eigenvalue weighted by atomic mass is 32.2. The minimum atomic E-state index is -3.51. The Morgan fingerprint density at radius 3 is 2.54 bits per heavy atom. The van der Waals surface area contributed by atoms with E-state index in [1.807, 2.05) is 17.0 Å². The molecule has 0 bridgehead atoms. The number of aromatic nitrogens is 1. The van der Waals surface area contributed by atoms with E-state index in [0.717, 1.165) is 31.6 Å². The lowest BCUT2D eigenvalue weighted by molar-refractivity contribution is 0.00337. The summed E-state index contributed by atoms with van der Waals surface area (Å²) in [5.74, 6) is 0.844. The average molecular weight is 556 g/mol. The molecule has 6 rings (SSSR count). The van der Waals surface area contributed by atoms with Crippen molar-refractivity contribution in [2.45, 2.75) is 56.3 Å². The normalized spacial score (nSPS) is 23.4. The SMILES string of the molecule is CC1(S(=O)(=O)Nc2ccc(C(=O)Nc3cccc(N4CCO[C@@H](CO)C4)n3)c(N3CCC4(CC3)CC4)c2)CC1. The van der Waals surface area contributed by atoms with Gasteiger partial charge >= 0.3 is 0 Å². The molecule has 11 heteroatoms. The topological polar surface area (TPSA) is 124 Å². The van der Waals surface area contributed by atoms with Crippen LogP contribution >= 0.6 is 0 Å². The first kappa shape index (κ1) is 26.3. The molecule has 210 valence electrons. The van der Waals surface area contributed by atoms with Crippen molar-refractivity contribution < 1.29 is 23.1 Å². The van der Waals surface area contributed by atoms with E-state index in [4.69, 9.17) is 4.74 Å². The van der Waals surface area contributed by atoms with Crippen molar-refractivity contribution in [2.24, 2.45) is 5.41 Å². The minimum Gasteiger partial charge on any atom is -0.394 e. The summed E-state index contributed by atoms with van der Waals surface area (Å²) in [6.45, 7) is 5.06. The molecule has 0 unspecified atom stereocenters. The van der Waals surface area contributed by atoms with E-state index < -0.39 is 14.8 Å². The van der Waals surface area contributed by atoms with Crippen molar-refractivity contribution in [2.75, 3.05) is 59.2 Å². The number of piperidine rings is 1. The van der Waals surface area contributed by atoms with Gasteiger partial charge in [-0.2, -0.15) is 0 Å². The lowest BCUT2D eigenvalue weighted by Crippen LogP contribution is -2.44. The van der Waals surface area contributed by atoms with Gasteiger partial charge in [-0.25, -0.2) is 13.4 Å². The molecule has 0 radical (unpaired) electrons. The summed E-state index contributed by atoms with van der Waals surface area (Å²) in [4.78, 5) is 22.5. The molecular weight excluding hydrogens is 518 g/mol. The highest BCUT2D eigenvalue weighted by molar-refractivity contribution is 7.94. The molecule has 2 saturated heterocycles. The number of nitrogens with zero attached hydrogens (tertiary/aromatic N) is 3. The predicted octanol–water partition coefficient (Wildman–Crippen LogP) is 3.21. The summed E-state index contributed by atoms with van der Waals surface area (Å²) in [5.41, 5.74) is 2.17. The van der Waals surface area contributed by atoms with E-state index in [1.165, 1.54) is 12.8 Å². The number of morpholine rings is 1. The molecule has 2 aromatic rings. The van der Waals surface area contributed by atoms with Crippen LogP contribution in [0.15, 0.2) is 36.4 Å². The number of amides is 1. The first-order chi connectivity index (χ1) is 18.7. The number of anilines is 4. The zero-order chi connectivity index (χ0) is 27.3. The van der Waals surface area contributed by atoms with Gasteiger partial charge in [0, 0.05) is 26.2 Å². The van der Waals surface area contributed by atoms with Crippen LogP contribution in [0.2, 0.25) is 0 Å². The molecule has 1 aromatic carbocycles. The van der Waals surface area contributed by atoms with E-state index in [9.17, 15) is 18.3 Å². The van der Waals surface area contributed by atoms with E-state index in [0.29, 0.717) is 60.8 Å². The molecule has 3 heterocycles. The second-order valence-corrected chi connectivity index (χ2v) is 13.9. The van der Waals surface area contributed by atoms with Crippen LogP contribution in [-0.4, -0.2) is 74.7 Å². The maximum atomic E-state index is 13.6. The van der Waals surface area contributed by atoms with Gasteiger partial charge in [0.15, 0.2) is 0 Å². The van der Waals surface area contributed by atoms with Crippen LogP contribution in [0.25, 0.3) is 0 Å². The number of aliphatic hydroxyl groups is 1. The van der Waals surface area contributed by atoms with E-state index in [1.54, 1.807) is 31.2 Å². The molecule has 2 aliphatic carbocycles. The number of hydrogen-bond donors (Lipinski definition) is 3. The summed E-state index contributed by atoms with van der Waals surface area (Å²) >= 11 is 0. The van der Waals surface area contributed by atoms with E-state index >= 15 is 0 Å². The molecule has 2 aliphatic heterocycles. The summed E-state index contributed by atoms with van der Waals surface area (Å²) in [6.07, 6.45) is 5.76. The Labute approximate surface area is 229 Å². The molecule has 3 N–H and O–H groups in total. The summed E-state index contributed by atoms with van der Waals surface area (Å²) < 4.78 is 33.4. The molecule has 10 nitrogen and oxygen atoms in total. The van der Waals surface area contributed by atoms with Crippen LogP contribution < -0.4 is 19.8 Å². The molecular formula is C28H37N5O5S. The third-order valence-electron chi connectivity index (χ3n) is 8.86. The van der Waals surface area contributed by atoms with Crippen molar-refractivity contribution in [3.63, 3.8) is 0 Å². The highest BCUT2D eigenvalue weighted by Gasteiger charge is 2.50. The summed E-state index contributed by atoms with van der Waals surface area (Å²) in [5, 5.41) is 12.4. The monoisotopic (exact) mass is 555 g/mol. The first-order valence-electron chi connectivity index (χ1n) is 13.9. The van der Waals surface area contributed by atoms with Gasteiger partial charge in [-0.05, 0) is 81.2 Å². The number of pyridine rings is 1. The van der Waals surface area contributed by atoms with Gasteiger partial charge in [0.2, 0.25) is 10.0 Å². The largest absolute Gasteiger partial charge is 0.394 e. The van der Waals surface area contributed by atoms with Crippen LogP contribution in [-0.2, 0) is 14.8 Å². The Morgan fingerprint density at radius 2 is 1.85 bits per heavy atom. The number of aliphatic hydroxyl groups excluding tert-OH is 1. The van der Waals surface area contributed by atoms with Gasteiger partial charge in [0.1, 0.15) is 11.6 Å².